The zero-order valence-electron chi connectivity index (χ0n) is 21.3. The molecule has 3 aromatic rings. The van der Waals surface area contributed by atoms with Gasteiger partial charge in [0.05, 0.1) is 5.52 Å². The summed E-state index contributed by atoms with van der Waals surface area (Å²) in [5.74, 6) is -1.32. The molecule has 1 aromatic heterocycles. The summed E-state index contributed by atoms with van der Waals surface area (Å²) < 4.78 is 14.6. The van der Waals surface area contributed by atoms with Crippen molar-refractivity contribution in [2.75, 3.05) is 19.6 Å². The van der Waals surface area contributed by atoms with Crippen molar-refractivity contribution >= 4 is 28.6 Å². The topological polar surface area (TPSA) is 82.6 Å². The van der Waals surface area contributed by atoms with Crippen molar-refractivity contribution in [2.24, 2.45) is 0 Å². The number of amides is 3. The fraction of sp³-hybridized carbons (Fsp3) is 0.400. The summed E-state index contributed by atoms with van der Waals surface area (Å²) in [6, 6.07) is 12.7. The van der Waals surface area contributed by atoms with Crippen molar-refractivity contribution in [3.05, 3.63) is 76.7 Å². The number of piperidine rings is 2. The van der Waals surface area contributed by atoms with Gasteiger partial charge in [-0.3, -0.25) is 24.7 Å². The number of hydrogen-bond acceptors (Lipinski definition) is 5. The maximum Gasteiger partial charge on any atom is 0.255 e. The van der Waals surface area contributed by atoms with Crippen molar-refractivity contribution in [3.8, 4) is 0 Å². The van der Waals surface area contributed by atoms with Crippen LogP contribution in [-0.2, 0) is 22.6 Å². The Hall–Kier alpha value is -3.65. The summed E-state index contributed by atoms with van der Waals surface area (Å²) in [5.41, 5.74) is 4.43. The lowest BCUT2D eigenvalue weighted by molar-refractivity contribution is -0.136. The average Bonchev–Trinajstić information content (AvgIpc) is 3.24. The van der Waals surface area contributed by atoms with Crippen molar-refractivity contribution in [1.82, 2.24) is 20.1 Å². The fourth-order valence-corrected chi connectivity index (χ4v) is 6.27. The van der Waals surface area contributed by atoms with E-state index in [4.69, 9.17) is 0 Å². The standard InChI is InChI=1S/C30H31FN4O3/c31-22-16-23(25-18-35(30(38)24(25)17-22)27-7-8-28(36)33-29(27)37)20-9-13-34(14-10-20)12-2-3-19-5-6-26-21(15-19)4-1-11-32-26/h1,4-6,11,15-17,20,27H,2-3,7-10,12-14,18H2,(H,33,36,37). The van der Waals surface area contributed by atoms with Crippen LogP contribution in [0, 0.1) is 5.82 Å². The summed E-state index contributed by atoms with van der Waals surface area (Å²) in [6.07, 6.45) is 6.22. The number of carbonyl (C=O) groups is 3. The smallest absolute Gasteiger partial charge is 0.255 e. The molecule has 4 heterocycles. The number of halogens is 1. The van der Waals surface area contributed by atoms with E-state index in [1.165, 1.54) is 21.9 Å². The molecule has 0 saturated carbocycles. The lowest BCUT2D eigenvalue weighted by Crippen LogP contribution is -2.52. The zero-order valence-corrected chi connectivity index (χ0v) is 21.3. The van der Waals surface area contributed by atoms with E-state index in [0.717, 1.165) is 62.0 Å². The van der Waals surface area contributed by atoms with Gasteiger partial charge in [-0.05, 0) is 105 Å². The molecule has 3 amide bonds. The normalized spacial score (nSPS) is 20.7. The van der Waals surface area contributed by atoms with E-state index >= 15 is 0 Å². The summed E-state index contributed by atoms with van der Waals surface area (Å²) >= 11 is 0. The van der Waals surface area contributed by atoms with E-state index in [9.17, 15) is 18.8 Å². The Morgan fingerprint density at radius 3 is 2.68 bits per heavy atom. The Kier molecular flexibility index (Phi) is 6.66. The van der Waals surface area contributed by atoms with Crippen molar-refractivity contribution < 1.29 is 18.8 Å². The van der Waals surface area contributed by atoms with Gasteiger partial charge in [-0.1, -0.05) is 12.1 Å². The molecule has 2 saturated heterocycles. The van der Waals surface area contributed by atoms with Crippen molar-refractivity contribution in [2.45, 2.75) is 57.0 Å². The van der Waals surface area contributed by atoms with Crippen LogP contribution in [0.25, 0.3) is 10.9 Å². The average molecular weight is 515 g/mol. The molecule has 0 radical (unpaired) electrons. The van der Waals surface area contributed by atoms with Crippen LogP contribution in [0.15, 0.2) is 48.7 Å². The van der Waals surface area contributed by atoms with Crippen molar-refractivity contribution in [3.63, 3.8) is 0 Å². The maximum absolute atomic E-state index is 14.6. The predicted octanol–water partition coefficient (Wildman–Crippen LogP) is 3.95. The van der Waals surface area contributed by atoms with E-state index in [1.54, 1.807) is 6.07 Å². The van der Waals surface area contributed by atoms with Crippen LogP contribution in [0.2, 0.25) is 0 Å². The second-order valence-corrected chi connectivity index (χ2v) is 10.7. The quantitative estimate of drug-likeness (QED) is 0.504. The highest BCUT2D eigenvalue weighted by Gasteiger charge is 2.41. The van der Waals surface area contributed by atoms with Gasteiger partial charge in [0.25, 0.3) is 5.91 Å². The Bertz CT molecular complexity index is 1420. The molecule has 1 unspecified atom stereocenters. The summed E-state index contributed by atoms with van der Waals surface area (Å²) in [7, 11) is 0. The molecule has 7 nitrogen and oxygen atoms in total. The molecule has 2 fully saturated rings. The minimum atomic E-state index is -0.691. The first kappa shape index (κ1) is 24.7. The van der Waals surface area contributed by atoms with E-state index in [0.29, 0.717) is 12.0 Å². The number of imide groups is 1. The first-order valence-corrected chi connectivity index (χ1v) is 13.5. The van der Waals surface area contributed by atoms with Crippen LogP contribution < -0.4 is 5.32 Å². The molecule has 1 atom stereocenters. The Balaban J connectivity index is 1.07. The number of aromatic nitrogens is 1. The van der Waals surface area contributed by atoms with E-state index in [1.807, 2.05) is 12.3 Å². The van der Waals surface area contributed by atoms with E-state index in [-0.39, 0.29) is 30.7 Å². The van der Waals surface area contributed by atoms with Crippen LogP contribution >= 0.6 is 0 Å². The highest BCUT2D eigenvalue weighted by Crippen LogP contribution is 2.37. The number of benzene rings is 2. The Morgan fingerprint density at radius 1 is 1.03 bits per heavy atom. The second-order valence-electron chi connectivity index (χ2n) is 10.7. The number of aryl methyl sites for hydroxylation is 1. The highest BCUT2D eigenvalue weighted by atomic mass is 19.1. The van der Waals surface area contributed by atoms with E-state index in [2.05, 4.69) is 39.5 Å². The number of pyridine rings is 1. The van der Waals surface area contributed by atoms with Gasteiger partial charge in [-0.25, -0.2) is 4.39 Å². The number of hydrogen-bond donors (Lipinski definition) is 1. The SMILES string of the molecule is O=C1CCC(N2Cc3c(cc(F)cc3C3CCN(CCCc4ccc5ncccc5c4)CC3)C2=O)C(=O)N1. The molecule has 38 heavy (non-hydrogen) atoms. The summed E-state index contributed by atoms with van der Waals surface area (Å²) in [6.45, 7) is 3.17. The van der Waals surface area contributed by atoms with Crippen LogP contribution in [0.3, 0.4) is 0 Å². The number of nitrogens with zero attached hydrogens (tertiary/aromatic N) is 3. The number of fused-ring (bicyclic) bond motifs is 2. The second kappa shape index (κ2) is 10.3. The number of nitrogens with one attached hydrogen (secondary N) is 1. The molecule has 3 aliphatic rings. The first-order chi connectivity index (χ1) is 18.5. The Morgan fingerprint density at radius 2 is 1.87 bits per heavy atom. The minimum Gasteiger partial charge on any atom is -0.322 e. The molecule has 0 bridgehead atoms. The van der Waals surface area contributed by atoms with Gasteiger partial charge in [0.2, 0.25) is 11.8 Å². The van der Waals surface area contributed by atoms with Gasteiger partial charge in [0.1, 0.15) is 11.9 Å². The first-order valence-electron chi connectivity index (χ1n) is 13.5. The Labute approximate surface area is 221 Å². The fourth-order valence-electron chi connectivity index (χ4n) is 6.27. The van der Waals surface area contributed by atoms with Gasteiger partial charge < -0.3 is 9.80 Å². The zero-order chi connectivity index (χ0) is 26.2. The molecule has 3 aliphatic heterocycles. The van der Waals surface area contributed by atoms with Crippen LogP contribution in [0.5, 0.6) is 0 Å². The van der Waals surface area contributed by atoms with Gasteiger partial charge in [-0.15, -0.1) is 0 Å². The number of carbonyl (C=O) groups excluding carboxylic acids is 3. The predicted molar refractivity (Wildman–Crippen MR) is 141 cm³/mol. The number of rotatable bonds is 6. The molecule has 6 rings (SSSR count). The third-order valence-electron chi connectivity index (χ3n) is 8.29. The van der Waals surface area contributed by atoms with Crippen molar-refractivity contribution in [1.29, 1.82) is 0 Å². The monoisotopic (exact) mass is 514 g/mol. The summed E-state index contributed by atoms with van der Waals surface area (Å²) in [4.78, 5) is 45.5. The van der Waals surface area contributed by atoms with E-state index < -0.39 is 17.8 Å². The minimum absolute atomic E-state index is 0.179. The summed E-state index contributed by atoms with van der Waals surface area (Å²) in [5, 5.41) is 3.50. The van der Waals surface area contributed by atoms with Crippen LogP contribution in [-0.4, -0.2) is 58.2 Å². The third kappa shape index (κ3) is 4.80. The largest absolute Gasteiger partial charge is 0.322 e. The molecule has 1 N–H and O–H groups in total. The molecule has 0 aliphatic carbocycles. The molecular weight excluding hydrogens is 483 g/mol. The van der Waals surface area contributed by atoms with Gasteiger partial charge in [0, 0.05) is 30.1 Å². The van der Waals surface area contributed by atoms with Gasteiger partial charge >= 0.3 is 0 Å². The molecule has 196 valence electrons. The molecule has 0 spiro atoms. The van der Waals surface area contributed by atoms with Gasteiger partial charge in [0.15, 0.2) is 0 Å². The lowest BCUT2D eigenvalue weighted by Gasteiger charge is -2.33. The molecule has 2 aromatic carbocycles. The molecular formula is C30H31FN4O3. The lowest BCUT2D eigenvalue weighted by atomic mass is 9.85. The highest BCUT2D eigenvalue weighted by molar-refractivity contribution is 6.05. The van der Waals surface area contributed by atoms with Gasteiger partial charge in [-0.2, -0.15) is 0 Å². The van der Waals surface area contributed by atoms with Crippen LogP contribution in [0.4, 0.5) is 4.39 Å². The van der Waals surface area contributed by atoms with Crippen LogP contribution in [0.1, 0.15) is 65.1 Å². The number of likely N-dealkylation sites (tertiary alicyclic amines) is 1. The maximum atomic E-state index is 14.6. The molecule has 8 heteroatoms. The third-order valence-corrected chi connectivity index (χ3v) is 8.29.